The highest BCUT2D eigenvalue weighted by molar-refractivity contribution is 6.02. The molecular weight excluding hydrogens is 461 g/mol. The van der Waals surface area contributed by atoms with Crippen molar-refractivity contribution in [3.05, 3.63) is 66.5 Å². The van der Waals surface area contributed by atoms with E-state index >= 15 is 4.39 Å². The van der Waals surface area contributed by atoms with Crippen LogP contribution in [0.5, 0.6) is 0 Å². The molecule has 1 amide bonds. The maximum Gasteiger partial charge on any atom is 0.409 e. The first-order chi connectivity index (χ1) is 17.5. The maximum absolute atomic E-state index is 15.0. The molecule has 36 heavy (non-hydrogen) atoms. The number of piperazine rings is 1. The fraction of sp³-hybridized carbons (Fsp3) is 0.269. The third-order valence-electron chi connectivity index (χ3n) is 6.27. The van der Waals surface area contributed by atoms with Crippen LogP contribution in [0.4, 0.5) is 15.0 Å². The van der Waals surface area contributed by atoms with Crippen molar-refractivity contribution >= 4 is 22.9 Å². The molecule has 0 radical (unpaired) electrons. The number of pyridine rings is 1. The van der Waals surface area contributed by atoms with Crippen LogP contribution < -0.4 is 4.90 Å². The molecule has 4 aromatic rings. The van der Waals surface area contributed by atoms with Crippen LogP contribution in [-0.4, -0.2) is 62.8 Å². The predicted molar refractivity (Wildman–Crippen MR) is 132 cm³/mol. The minimum absolute atomic E-state index is 0.0712. The van der Waals surface area contributed by atoms with Crippen molar-refractivity contribution in [1.82, 2.24) is 24.4 Å². The van der Waals surface area contributed by atoms with Crippen LogP contribution in [0.2, 0.25) is 0 Å². The Morgan fingerprint density at radius 1 is 1.19 bits per heavy atom. The largest absolute Gasteiger partial charge is 0.450 e. The summed E-state index contributed by atoms with van der Waals surface area (Å²) in [6, 6.07) is 11.9. The predicted octanol–water partition coefficient (Wildman–Crippen LogP) is 4.16. The van der Waals surface area contributed by atoms with Gasteiger partial charge >= 0.3 is 6.09 Å². The molecule has 5 rings (SSSR count). The van der Waals surface area contributed by atoms with Gasteiger partial charge in [-0.1, -0.05) is 18.2 Å². The second kappa shape index (κ2) is 9.62. The average Bonchev–Trinajstić information content (AvgIpc) is 3.29. The number of fused-ring (bicyclic) bond motifs is 1. The molecule has 0 bridgehead atoms. The number of anilines is 1. The molecule has 182 valence electrons. The quantitative estimate of drug-likeness (QED) is 0.428. The van der Waals surface area contributed by atoms with Crippen molar-refractivity contribution < 1.29 is 13.9 Å². The highest BCUT2D eigenvalue weighted by Gasteiger charge is 2.31. The van der Waals surface area contributed by atoms with Gasteiger partial charge in [0.25, 0.3) is 0 Å². The third-order valence-corrected chi connectivity index (χ3v) is 6.27. The van der Waals surface area contributed by atoms with Gasteiger partial charge in [-0.2, -0.15) is 5.26 Å². The first-order valence-electron chi connectivity index (χ1n) is 11.7. The minimum Gasteiger partial charge on any atom is -0.450 e. The zero-order chi connectivity index (χ0) is 25.2. The number of halogens is 1. The Morgan fingerprint density at radius 3 is 2.78 bits per heavy atom. The minimum atomic E-state index is -0.370. The number of nitrogens with zero attached hydrogens (tertiary/aromatic N) is 7. The fourth-order valence-corrected chi connectivity index (χ4v) is 4.59. The number of aromatic nitrogens is 4. The molecule has 4 heterocycles. The van der Waals surface area contributed by atoms with E-state index in [2.05, 4.69) is 25.9 Å². The number of rotatable bonds is 4. The van der Waals surface area contributed by atoms with Crippen LogP contribution in [0.1, 0.15) is 19.4 Å². The van der Waals surface area contributed by atoms with Gasteiger partial charge in [-0.25, -0.2) is 24.1 Å². The molecule has 9 nitrogen and oxygen atoms in total. The van der Waals surface area contributed by atoms with Gasteiger partial charge in [0.1, 0.15) is 23.8 Å². The van der Waals surface area contributed by atoms with Crippen molar-refractivity contribution in [3.63, 3.8) is 0 Å². The van der Waals surface area contributed by atoms with E-state index in [1.807, 2.05) is 6.92 Å². The van der Waals surface area contributed by atoms with Crippen LogP contribution >= 0.6 is 0 Å². The number of nitriles is 1. The van der Waals surface area contributed by atoms with E-state index in [0.717, 1.165) is 0 Å². The molecule has 1 fully saturated rings. The van der Waals surface area contributed by atoms with Crippen LogP contribution in [0.3, 0.4) is 0 Å². The second-order valence-corrected chi connectivity index (χ2v) is 8.49. The van der Waals surface area contributed by atoms with Crippen LogP contribution in [0, 0.1) is 17.1 Å². The van der Waals surface area contributed by atoms with Crippen molar-refractivity contribution in [2.75, 3.05) is 31.1 Å². The van der Waals surface area contributed by atoms with Gasteiger partial charge in [-0.3, -0.25) is 4.57 Å². The Kier molecular flexibility index (Phi) is 6.21. The lowest BCUT2D eigenvalue weighted by Crippen LogP contribution is -2.54. The molecule has 0 unspecified atom stereocenters. The molecule has 1 aromatic carbocycles. The van der Waals surface area contributed by atoms with E-state index in [-0.39, 0.29) is 18.0 Å². The van der Waals surface area contributed by atoms with Crippen LogP contribution in [0.25, 0.3) is 28.0 Å². The van der Waals surface area contributed by atoms with Gasteiger partial charge in [-0.05, 0) is 32.0 Å². The van der Waals surface area contributed by atoms with Crippen LogP contribution in [-0.2, 0) is 4.74 Å². The van der Waals surface area contributed by atoms with Crippen molar-refractivity contribution in [1.29, 1.82) is 5.26 Å². The molecule has 0 spiro atoms. The Bertz CT molecular complexity index is 1480. The summed E-state index contributed by atoms with van der Waals surface area (Å²) in [5.41, 5.74) is 2.02. The van der Waals surface area contributed by atoms with E-state index in [1.165, 1.54) is 12.4 Å². The van der Waals surface area contributed by atoms with Crippen LogP contribution in [0.15, 0.2) is 55.1 Å². The molecule has 1 aliphatic rings. The average molecular weight is 486 g/mol. The van der Waals surface area contributed by atoms with E-state index in [4.69, 9.17) is 4.74 Å². The number of carbonyl (C=O) groups excluding carboxylic acids is 1. The zero-order valence-corrected chi connectivity index (χ0v) is 19.9. The van der Waals surface area contributed by atoms with Crippen molar-refractivity contribution in [2.24, 2.45) is 0 Å². The third kappa shape index (κ3) is 4.09. The summed E-state index contributed by atoms with van der Waals surface area (Å²) in [5, 5.41) is 10.0. The summed E-state index contributed by atoms with van der Waals surface area (Å²) in [6.07, 6.45) is 4.47. The lowest BCUT2D eigenvalue weighted by molar-refractivity contribution is 0.100. The van der Waals surface area contributed by atoms with Gasteiger partial charge in [-0.15, -0.1) is 0 Å². The maximum atomic E-state index is 15.0. The molecule has 0 N–H and O–H groups in total. The lowest BCUT2D eigenvalue weighted by atomic mass is 10.0. The monoisotopic (exact) mass is 485 g/mol. The summed E-state index contributed by atoms with van der Waals surface area (Å²) in [5.74, 6) is 0.765. The van der Waals surface area contributed by atoms with E-state index in [0.29, 0.717) is 65.6 Å². The van der Waals surface area contributed by atoms with Gasteiger partial charge < -0.3 is 14.5 Å². The first kappa shape index (κ1) is 23.2. The van der Waals surface area contributed by atoms with E-state index in [1.54, 1.807) is 59.1 Å². The zero-order valence-electron chi connectivity index (χ0n) is 19.9. The van der Waals surface area contributed by atoms with Crippen molar-refractivity contribution in [3.8, 4) is 23.0 Å². The highest BCUT2D eigenvalue weighted by Crippen LogP contribution is 2.38. The summed E-state index contributed by atoms with van der Waals surface area (Å²) in [4.78, 5) is 29.6. The lowest BCUT2D eigenvalue weighted by Gasteiger charge is -2.40. The summed E-state index contributed by atoms with van der Waals surface area (Å²) < 4.78 is 21.9. The summed E-state index contributed by atoms with van der Waals surface area (Å²) in [7, 11) is 0. The smallest absolute Gasteiger partial charge is 0.409 e. The Hall–Kier alpha value is -4.52. The normalized spacial score (nSPS) is 15.7. The molecule has 0 aliphatic carbocycles. The molecule has 0 saturated carbocycles. The number of hydrogen-bond acceptors (Lipinski definition) is 7. The van der Waals surface area contributed by atoms with E-state index < -0.39 is 0 Å². The topological polar surface area (TPSA) is 100 Å². The first-order valence-corrected chi connectivity index (χ1v) is 11.7. The molecule has 1 saturated heterocycles. The molecule has 1 atom stereocenters. The number of benzene rings is 1. The summed E-state index contributed by atoms with van der Waals surface area (Å²) in [6.45, 7) is 5.57. The number of hydrogen-bond donors (Lipinski definition) is 0. The SMILES string of the molecule is CCOC(=O)N1CCN(c2ncnc3c2c(-c2ccccc2F)cn3-c2cc(C#N)ccn2)[C@@H](C)C1. The summed E-state index contributed by atoms with van der Waals surface area (Å²) >= 11 is 0. The second-order valence-electron chi connectivity index (χ2n) is 8.49. The Morgan fingerprint density at radius 2 is 2.03 bits per heavy atom. The van der Waals surface area contributed by atoms with Gasteiger partial charge in [0.05, 0.1) is 23.6 Å². The number of carbonyl (C=O) groups is 1. The number of ether oxygens (including phenoxy) is 1. The molecule has 3 aromatic heterocycles. The fourth-order valence-electron chi connectivity index (χ4n) is 4.59. The Balaban J connectivity index is 1.67. The standard InChI is InChI=1S/C26H24FN7O2/c1-3-36-26(35)32-10-11-33(17(2)14-32)24-23-20(19-6-4-5-7-21(19)27)15-34(25(23)31-16-30-24)22-12-18(13-28)8-9-29-22/h4-9,12,15-17H,3,10-11,14H2,1-2H3/t17-/m0/s1. The Labute approximate surface area is 207 Å². The highest BCUT2D eigenvalue weighted by atomic mass is 19.1. The number of amides is 1. The van der Waals surface area contributed by atoms with Crippen molar-refractivity contribution in [2.45, 2.75) is 19.9 Å². The molecule has 1 aliphatic heterocycles. The van der Waals surface area contributed by atoms with Gasteiger partial charge in [0.15, 0.2) is 5.65 Å². The van der Waals surface area contributed by atoms with E-state index in [9.17, 15) is 10.1 Å². The van der Waals surface area contributed by atoms with Gasteiger partial charge in [0, 0.05) is 49.2 Å². The molecule has 10 heteroatoms. The molecular formula is C26H24FN7O2. The van der Waals surface area contributed by atoms with Gasteiger partial charge in [0.2, 0.25) is 0 Å².